The first kappa shape index (κ1) is 32.8. The van der Waals surface area contributed by atoms with Crippen molar-refractivity contribution in [3.05, 3.63) is 60.7 Å². The van der Waals surface area contributed by atoms with Gasteiger partial charge in [0.2, 0.25) is 0 Å². The summed E-state index contributed by atoms with van der Waals surface area (Å²) in [5.41, 5.74) is 0.727. The largest absolute Gasteiger partial charge is 0.491 e. The maximum Gasteiger partial charge on any atom is 0.333 e. The van der Waals surface area contributed by atoms with Gasteiger partial charge in [0.15, 0.2) is 0 Å². The summed E-state index contributed by atoms with van der Waals surface area (Å²) in [5.74, 6) is 0.635. The zero-order valence-electron chi connectivity index (χ0n) is 23.4. The third-order valence-corrected chi connectivity index (χ3v) is 5.14. The highest BCUT2D eigenvalue weighted by atomic mass is 16.6. The molecule has 0 unspecified atom stereocenters. The van der Waals surface area contributed by atoms with Crippen LogP contribution in [0.4, 0.5) is 0 Å². The SMILES string of the molecule is C=C(C)C(=O)OCCOCCOCCOc1ccc2ccc(OCCOCCOCCOC(=O)C(=C)C)cc2c1. The van der Waals surface area contributed by atoms with Gasteiger partial charge in [0.25, 0.3) is 0 Å². The number of ether oxygens (including phenoxy) is 8. The van der Waals surface area contributed by atoms with Crippen LogP contribution in [0.2, 0.25) is 0 Å². The molecule has 0 aromatic heterocycles. The molecule has 220 valence electrons. The van der Waals surface area contributed by atoms with Crippen LogP contribution in [-0.4, -0.2) is 91.2 Å². The highest BCUT2D eigenvalue weighted by Crippen LogP contribution is 2.25. The van der Waals surface area contributed by atoms with Gasteiger partial charge in [-0.1, -0.05) is 25.3 Å². The zero-order chi connectivity index (χ0) is 29.0. The van der Waals surface area contributed by atoms with Crippen molar-refractivity contribution in [3.8, 4) is 11.5 Å². The van der Waals surface area contributed by atoms with E-state index in [1.165, 1.54) is 0 Å². The third kappa shape index (κ3) is 14.1. The molecule has 2 aromatic carbocycles. The summed E-state index contributed by atoms with van der Waals surface area (Å²) in [5, 5.41) is 2.07. The van der Waals surface area contributed by atoms with Gasteiger partial charge < -0.3 is 37.9 Å². The molecule has 40 heavy (non-hydrogen) atoms. The van der Waals surface area contributed by atoms with Crippen molar-refractivity contribution in [2.24, 2.45) is 0 Å². The molecule has 2 aromatic rings. The molecule has 0 aliphatic rings. The van der Waals surface area contributed by atoms with Gasteiger partial charge in [-0.25, -0.2) is 9.59 Å². The summed E-state index contributed by atoms with van der Waals surface area (Å²) in [6, 6.07) is 11.7. The maximum absolute atomic E-state index is 11.2. The lowest BCUT2D eigenvalue weighted by Crippen LogP contribution is -2.14. The Morgan fingerprint density at radius 2 is 0.875 bits per heavy atom. The molecular weight excluding hydrogens is 520 g/mol. The molecule has 0 spiro atoms. The van der Waals surface area contributed by atoms with Crippen molar-refractivity contribution < 1.29 is 47.5 Å². The van der Waals surface area contributed by atoms with Crippen LogP contribution < -0.4 is 9.47 Å². The van der Waals surface area contributed by atoms with E-state index in [0.717, 1.165) is 22.3 Å². The Bertz CT molecular complexity index is 1000. The van der Waals surface area contributed by atoms with E-state index < -0.39 is 11.9 Å². The quantitative estimate of drug-likeness (QED) is 0.120. The minimum atomic E-state index is -0.420. The van der Waals surface area contributed by atoms with Crippen LogP contribution >= 0.6 is 0 Å². The van der Waals surface area contributed by atoms with E-state index in [2.05, 4.69) is 13.2 Å². The maximum atomic E-state index is 11.2. The molecule has 0 aliphatic carbocycles. The number of carbonyl (C=O) groups is 2. The second-order valence-corrected chi connectivity index (χ2v) is 8.65. The van der Waals surface area contributed by atoms with Crippen LogP contribution in [0.15, 0.2) is 60.7 Å². The van der Waals surface area contributed by atoms with Crippen molar-refractivity contribution in [1.29, 1.82) is 0 Å². The van der Waals surface area contributed by atoms with Gasteiger partial charge in [-0.05, 0) is 48.9 Å². The molecule has 2 rings (SSSR count). The third-order valence-electron chi connectivity index (χ3n) is 5.14. The second kappa shape index (κ2) is 19.6. The van der Waals surface area contributed by atoms with Crippen molar-refractivity contribution >= 4 is 22.7 Å². The molecule has 10 heteroatoms. The summed E-state index contributed by atoms with van der Waals surface area (Å²) in [6.45, 7) is 14.5. The summed E-state index contributed by atoms with van der Waals surface area (Å²) >= 11 is 0. The van der Waals surface area contributed by atoms with Gasteiger partial charge in [0, 0.05) is 11.1 Å². The number of hydrogen-bond donors (Lipinski definition) is 0. The Hall–Kier alpha value is -3.44. The summed E-state index contributed by atoms with van der Waals surface area (Å²) in [6.07, 6.45) is 0. The zero-order valence-corrected chi connectivity index (χ0v) is 23.4. The van der Waals surface area contributed by atoms with Crippen molar-refractivity contribution in [2.45, 2.75) is 13.8 Å². The Morgan fingerprint density at radius 1 is 0.525 bits per heavy atom. The van der Waals surface area contributed by atoms with Gasteiger partial charge in [-0.2, -0.15) is 0 Å². The van der Waals surface area contributed by atoms with Gasteiger partial charge in [0.1, 0.15) is 37.9 Å². The van der Waals surface area contributed by atoms with E-state index >= 15 is 0 Å². The van der Waals surface area contributed by atoms with E-state index in [4.69, 9.17) is 37.9 Å². The standard InChI is InChI=1S/C30H40O10/c1-23(2)29(31)39-19-15-35-11-9-33-13-17-37-27-7-5-25-6-8-28(22-26(25)21-27)38-18-14-34-10-12-36-16-20-40-30(32)24(3)4/h5-8,21-22H,1,3,9-20H2,2,4H3. The molecule has 0 aliphatic heterocycles. The van der Waals surface area contributed by atoms with E-state index in [1.807, 2.05) is 36.4 Å². The predicted molar refractivity (Wildman–Crippen MR) is 150 cm³/mol. The molecule has 0 atom stereocenters. The van der Waals surface area contributed by atoms with Crippen LogP contribution in [0.5, 0.6) is 11.5 Å². The second-order valence-electron chi connectivity index (χ2n) is 8.65. The number of benzene rings is 2. The van der Waals surface area contributed by atoms with Crippen LogP contribution in [0.3, 0.4) is 0 Å². The fourth-order valence-corrected chi connectivity index (χ4v) is 3.10. The predicted octanol–water partition coefficient (Wildman–Crippen LogP) is 3.90. The van der Waals surface area contributed by atoms with Crippen molar-refractivity contribution in [1.82, 2.24) is 0 Å². The van der Waals surface area contributed by atoms with Gasteiger partial charge in [0.05, 0.1) is 52.9 Å². The minimum Gasteiger partial charge on any atom is -0.491 e. The molecule has 10 nitrogen and oxygen atoms in total. The van der Waals surface area contributed by atoms with Crippen LogP contribution in [-0.2, 0) is 38.0 Å². The smallest absolute Gasteiger partial charge is 0.333 e. The minimum absolute atomic E-state index is 0.186. The Labute approximate surface area is 235 Å². The molecule has 0 N–H and O–H groups in total. The molecule has 0 amide bonds. The van der Waals surface area contributed by atoms with E-state index in [9.17, 15) is 9.59 Å². The monoisotopic (exact) mass is 560 g/mol. The van der Waals surface area contributed by atoms with Gasteiger partial charge in [-0.3, -0.25) is 0 Å². The normalized spacial score (nSPS) is 10.8. The average Bonchev–Trinajstić information content (AvgIpc) is 2.94. The number of esters is 2. The lowest BCUT2D eigenvalue weighted by molar-refractivity contribution is -0.141. The first-order valence-electron chi connectivity index (χ1n) is 13.1. The molecule has 0 saturated heterocycles. The van der Waals surface area contributed by atoms with Crippen LogP contribution in [0.25, 0.3) is 10.8 Å². The molecule has 0 radical (unpaired) electrons. The van der Waals surface area contributed by atoms with E-state index in [1.54, 1.807) is 13.8 Å². The van der Waals surface area contributed by atoms with Gasteiger partial charge >= 0.3 is 11.9 Å². The Kier molecular flexibility index (Phi) is 16.1. The number of rotatable bonds is 22. The van der Waals surface area contributed by atoms with Crippen LogP contribution in [0, 0.1) is 0 Å². The summed E-state index contributed by atoms with van der Waals surface area (Å²) < 4.78 is 43.2. The lowest BCUT2D eigenvalue weighted by Gasteiger charge is -2.11. The highest BCUT2D eigenvalue weighted by Gasteiger charge is 2.04. The Morgan fingerprint density at radius 3 is 1.25 bits per heavy atom. The van der Waals surface area contributed by atoms with Crippen molar-refractivity contribution in [2.75, 3.05) is 79.3 Å². The molecule has 0 heterocycles. The Balaban J connectivity index is 1.54. The van der Waals surface area contributed by atoms with Crippen LogP contribution in [0.1, 0.15) is 13.8 Å². The number of fused-ring (bicyclic) bond motifs is 1. The lowest BCUT2D eigenvalue weighted by atomic mass is 10.1. The molecule has 0 bridgehead atoms. The van der Waals surface area contributed by atoms with E-state index in [0.29, 0.717) is 77.2 Å². The fraction of sp³-hybridized carbons (Fsp3) is 0.467. The summed E-state index contributed by atoms with van der Waals surface area (Å²) in [7, 11) is 0. The topological polar surface area (TPSA) is 108 Å². The average molecular weight is 561 g/mol. The highest BCUT2D eigenvalue weighted by molar-refractivity contribution is 5.87. The fourth-order valence-electron chi connectivity index (χ4n) is 3.10. The van der Waals surface area contributed by atoms with E-state index in [-0.39, 0.29) is 13.2 Å². The van der Waals surface area contributed by atoms with Crippen molar-refractivity contribution in [3.63, 3.8) is 0 Å². The first-order chi connectivity index (χ1) is 19.4. The molecule has 0 saturated carbocycles. The number of carbonyl (C=O) groups excluding carboxylic acids is 2. The summed E-state index contributed by atoms with van der Waals surface area (Å²) in [4.78, 5) is 22.5. The number of hydrogen-bond acceptors (Lipinski definition) is 10. The molecular formula is C30H40O10. The first-order valence-corrected chi connectivity index (χ1v) is 13.1. The molecule has 0 fully saturated rings. The van der Waals surface area contributed by atoms with Gasteiger partial charge in [-0.15, -0.1) is 0 Å².